The summed E-state index contributed by atoms with van der Waals surface area (Å²) >= 11 is 0. The molecule has 2 heterocycles. The molecule has 9 heteroatoms. The van der Waals surface area contributed by atoms with Crippen molar-refractivity contribution in [1.82, 2.24) is 14.9 Å². The molecule has 1 saturated heterocycles. The number of benzene rings is 1. The molecule has 0 bridgehead atoms. The van der Waals surface area contributed by atoms with Crippen LogP contribution < -0.4 is 15.2 Å². The van der Waals surface area contributed by atoms with Gasteiger partial charge in [-0.2, -0.15) is 4.39 Å². The summed E-state index contributed by atoms with van der Waals surface area (Å²) in [6, 6.07) is 4.07. The number of amides is 1. The molecule has 0 spiro atoms. The van der Waals surface area contributed by atoms with Crippen LogP contribution in [0.2, 0.25) is 0 Å². The van der Waals surface area contributed by atoms with Gasteiger partial charge < -0.3 is 14.5 Å². The molecule has 1 aliphatic heterocycles. The number of hydrogen-bond donors (Lipinski definition) is 1. The number of piperazine rings is 1. The Bertz CT molecular complexity index is 892. The topological polar surface area (TPSA) is 78.5 Å². The van der Waals surface area contributed by atoms with Gasteiger partial charge in [-0.25, -0.2) is 9.37 Å². The Hall–Kier alpha value is -2.97. The molecular formula is C17H18F2N4O3. The summed E-state index contributed by atoms with van der Waals surface area (Å²) in [4.78, 5) is 33.9. The van der Waals surface area contributed by atoms with E-state index in [1.165, 1.54) is 26.2 Å². The summed E-state index contributed by atoms with van der Waals surface area (Å²) in [6.45, 7) is 2.99. The third-order valence-electron chi connectivity index (χ3n) is 4.28. The highest BCUT2D eigenvalue weighted by Crippen LogP contribution is 2.19. The van der Waals surface area contributed by atoms with Gasteiger partial charge in [0.15, 0.2) is 11.6 Å². The van der Waals surface area contributed by atoms with Gasteiger partial charge in [-0.1, -0.05) is 0 Å². The minimum atomic E-state index is -0.899. The number of carbonyl (C=O) groups excluding carboxylic acids is 1. The molecule has 1 aromatic carbocycles. The first kappa shape index (κ1) is 17.8. The lowest BCUT2D eigenvalue weighted by molar-refractivity contribution is 0.0745. The predicted molar refractivity (Wildman–Crippen MR) is 90.6 cm³/mol. The van der Waals surface area contributed by atoms with Gasteiger partial charge in [-0.15, -0.1) is 0 Å². The van der Waals surface area contributed by atoms with E-state index in [0.717, 1.165) is 6.07 Å². The largest absolute Gasteiger partial charge is 0.494 e. The van der Waals surface area contributed by atoms with Crippen LogP contribution in [0.5, 0.6) is 5.75 Å². The predicted octanol–water partition coefficient (Wildman–Crippen LogP) is 1.33. The molecule has 2 aromatic rings. The van der Waals surface area contributed by atoms with Crippen LogP contribution in [0.25, 0.3) is 0 Å². The molecule has 1 aromatic heterocycles. The Morgan fingerprint density at radius 1 is 1.23 bits per heavy atom. The lowest BCUT2D eigenvalue weighted by Crippen LogP contribution is -2.49. The number of carbonyl (C=O) groups is 1. The molecule has 0 aliphatic carbocycles. The van der Waals surface area contributed by atoms with Gasteiger partial charge in [-0.05, 0) is 25.1 Å². The molecule has 3 rings (SSSR count). The third-order valence-corrected chi connectivity index (χ3v) is 4.28. The van der Waals surface area contributed by atoms with Crippen LogP contribution in [-0.2, 0) is 0 Å². The van der Waals surface area contributed by atoms with Crippen LogP contribution in [0.15, 0.2) is 23.0 Å². The highest BCUT2D eigenvalue weighted by atomic mass is 19.1. The second-order valence-electron chi connectivity index (χ2n) is 5.92. The lowest BCUT2D eigenvalue weighted by Gasteiger charge is -2.35. The van der Waals surface area contributed by atoms with E-state index in [1.807, 2.05) is 0 Å². The number of hydrogen-bond acceptors (Lipinski definition) is 5. The zero-order valence-corrected chi connectivity index (χ0v) is 14.4. The van der Waals surface area contributed by atoms with Crippen molar-refractivity contribution < 1.29 is 18.3 Å². The molecule has 1 N–H and O–H groups in total. The molecule has 7 nitrogen and oxygen atoms in total. The molecule has 0 atom stereocenters. The van der Waals surface area contributed by atoms with E-state index in [9.17, 15) is 18.4 Å². The fraction of sp³-hybridized carbons (Fsp3) is 0.353. The minimum absolute atomic E-state index is 0.0240. The quantitative estimate of drug-likeness (QED) is 0.889. The van der Waals surface area contributed by atoms with Crippen molar-refractivity contribution in [3.8, 4) is 5.75 Å². The summed E-state index contributed by atoms with van der Waals surface area (Å²) in [5, 5.41) is 0. The molecule has 0 unspecified atom stereocenters. The van der Waals surface area contributed by atoms with E-state index in [2.05, 4.69) is 9.97 Å². The van der Waals surface area contributed by atoms with Crippen molar-refractivity contribution in [1.29, 1.82) is 0 Å². The average Bonchev–Trinajstić information content (AvgIpc) is 2.65. The van der Waals surface area contributed by atoms with E-state index in [0.29, 0.717) is 26.2 Å². The number of halogens is 2. The number of methoxy groups -OCH3 is 1. The van der Waals surface area contributed by atoms with E-state index >= 15 is 0 Å². The second kappa shape index (κ2) is 7.11. The fourth-order valence-electron chi connectivity index (χ4n) is 2.81. The van der Waals surface area contributed by atoms with E-state index < -0.39 is 17.2 Å². The summed E-state index contributed by atoms with van der Waals surface area (Å²) in [5.74, 6) is -1.43. The number of rotatable bonds is 3. The average molecular weight is 364 g/mol. The Kier molecular flexibility index (Phi) is 4.88. The Labute approximate surface area is 148 Å². The highest BCUT2D eigenvalue weighted by molar-refractivity contribution is 5.94. The Balaban J connectivity index is 1.69. The zero-order chi connectivity index (χ0) is 18.8. The van der Waals surface area contributed by atoms with Crippen molar-refractivity contribution >= 4 is 11.9 Å². The first-order valence-corrected chi connectivity index (χ1v) is 8.05. The monoisotopic (exact) mass is 364 g/mol. The second-order valence-corrected chi connectivity index (χ2v) is 5.92. The van der Waals surface area contributed by atoms with Gasteiger partial charge in [0, 0.05) is 31.7 Å². The van der Waals surface area contributed by atoms with Crippen LogP contribution in [0.4, 0.5) is 14.7 Å². The Morgan fingerprint density at radius 2 is 1.92 bits per heavy atom. The van der Waals surface area contributed by atoms with Gasteiger partial charge in [0.05, 0.1) is 12.8 Å². The summed E-state index contributed by atoms with van der Waals surface area (Å²) < 4.78 is 32.0. The Morgan fingerprint density at radius 3 is 2.50 bits per heavy atom. The molecule has 138 valence electrons. The number of nitrogens with zero attached hydrogens (tertiary/aromatic N) is 3. The van der Waals surface area contributed by atoms with Crippen molar-refractivity contribution in [2.45, 2.75) is 6.92 Å². The van der Waals surface area contributed by atoms with Gasteiger partial charge in [0.2, 0.25) is 11.8 Å². The number of H-pyrrole nitrogens is 1. The molecule has 0 radical (unpaired) electrons. The molecule has 26 heavy (non-hydrogen) atoms. The lowest BCUT2D eigenvalue weighted by atomic mass is 10.1. The number of ether oxygens (including phenoxy) is 1. The van der Waals surface area contributed by atoms with Crippen molar-refractivity contribution in [2.75, 3.05) is 38.2 Å². The summed E-state index contributed by atoms with van der Waals surface area (Å²) in [5.41, 5.74) is -0.559. The van der Waals surface area contributed by atoms with Gasteiger partial charge in [0.1, 0.15) is 0 Å². The van der Waals surface area contributed by atoms with Crippen molar-refractivity contribution in [2.24, 2.45) is 0 Å². The third kappa shape index (κ3) is 3.37. The number of aryl methyl sites for hydroxylation is 1. The molecular weight excluding hydrogens is 346 g/mol. The van der Waals surface area contributed by atoms with Crippen LogP contribution in [0.1, 0.15) is 16.1 Å². The van der Waals surface area contributed by atoms with Gasteiger partial charge >= 0.3 is 0 Å². The van der Waals surface area contributed by atoms with Crippen LogP contribution in [0.3, 0.4) is 0 Å². The van der Waals surface area contributed by atoms with Crippen molar-refractivity contribution in [3.05, 3.63) is 51.4 Å². The van der Waals surface area contributed by atoms with Gasteiger partial charge in [0.25, 0.3) is 11.5 Å². The maximum atomic E-state index is 13.8. The summed E-state index contributed by atoms with van der Waals surface area (Å²) in [6.07, 6.45) is 0. The first-order chi connectivity index (χ1) is 12.4. The molecule has 1 aliphatic rings. The number of aromatic amines is 1. The van der Waals surface area contributed by atoms with E-state index in [1.54, 1.807) is 9.80 Å². The maximum Gasteiger partial charge on any atom is 0.288 e. The molecule has 1 amide bonds. The van der Waals surface area contributed by atoms with Crippen molar-refractivity contribution in [3.63, 3.8) is 0 Å². The van der Waals surface area contributed by atoms with E-state index in [-0.39, 0.29) is 28.9 Å². The number of nitrogens with one attached hydrogen (secondary N) is 1. The highest BCUT2D eigenvalue weighted by Gasteiger charge is 2.24. The van der Waals surface area contributed by atoms with Crippen LogP contribution in [-0.4, -0.2) is 54.1 Å². The fourth-order valence-corrected chi connectivity index (χ4v) is 2.81. The first-order valence-electron chi connectivity index (χ1n) is 8.05. The van der Waals surface area contributed by atoms with E-state index in [4.69, 9.17) is 4.74 Å². The zero-order valence-electron chi connectivity index (χ0n) is 14.4. The minimum Gasteiger partial charge on any atom is -0.494 e. The number of aromatic nitrogens is 2. The van der Waals surface area contributed by atoms with Crippen LogP contribution in [0, 0.1) is 18.6 Å². The number of anilines is 1. The standard InChI is InChI=1S/C17H18F2N4O3/c1-10-14(19)15(24)21-17(20-10)23-7-5-22(6-8-23)16(25)11-3-4-13(26-2)12(18)9-11/h3-4,9H,5-8H2,1-2H3,(H,20,21,24). The SMILES string of the molecule is COc1ccc(C(=O)N2CCN(c3nc(C)c(F)c(=O)[nH]3)CC2)cc1F. The summed E-state index contributed by atoms with van der Waals surface area (Å²) in [7, 11) is 1.36. The van der Waals surface area contributed by atoms with Gasteiger partial charge in [-0.3, -0.25) is 14.6 Å². The smallest absolute Gasteiger partial charge is 0.288 e. The van der Waals surface area contributed by atoms with Crippen LogP contribution >= 0.6 is 0 Å². The maximum absolute atomic E-state index is 13.8. The molecule has 1 fully saturated rings. The normalized spacial score (nSPS) is 14.5. The molecule has 0 saturated carbocycles.